The molecule has 0 unspecified atom stereocenters. The van der Waals surface area contributed by atoms with Crippen LogP contribution in [0.2, 0.25) is 0 Å². The fraction of sp³-hybridized carbons (Fsp3) is 0.189. The van der Waals surface area contributed by atoms with E-state index in [1.165, 1.54) is 23.2 Å². The summed E-state index contributed by atoms with van der Waals surface area (Å²) in [5, 5.41) is 1.81. The maximum atomic E-state index is 5.55. The molecule has 2 aliphatic rings. The van der Waals surface area contributed by atoms with Crippen molar-refractivity contribution in [2.75, 3.05) is 16.1 Å². The summed E-state index contributed by atoms with van der Waals surface area (Å²) >= 11 is 1.49. The molecule has 8 rings (SSSR count). The highest BCUT2D eigenvalue weighted by Gasteiger charge is 2.30. The zero-order chi connectivity index (χ0) is 40.7. The number of para-hydroxylation sites is 3. The van der Waals surface area contributed by atoms with E-state index in [0.29, 0.717) is 0 Å². The van der Waals surface area contributed by atoms with Crippen molar-refractivity contribution in [3.63, 3.8) is 0 Å². The Morgan fingerprint density at radius 2 is 1.03 bits per heavy atom. The predicted molar refractivity (Wildman–Crippen MR) is 252 cm³/mol. The van der Waals surface area contributed by atoms with Gasteiger partial charge in [-0.05, 0) is 129 Å². The number of hydrogen-bond acceptors (Lipinski definition) is 6. The molecular formula is C53H51N5S. The minimum atomic E-state index is 0.800. The lowest BCUT2D eigenvalue weighted by molar-refractivity contribution is 0.868. The second kappa shape index (κ2) is 18.1. The smallest absolute Gasteiger partial charge is 0.0997 e. The van der Waals surface area contributed by atoms with Crippen LogP contribution >= 0.6 is 11.9 Å². The molecule has 294 valence electrons. The van der Waals surface area contributed by atoms with Crippen molar-refractivity contribution in [1.82, 2.24) is 9.97 Å². The Hall–Kier alpha value is -6.24. The molecule has 5 aromatic carbocycles. The van der Waals surface area contributed by atoms with E-state index in [-0.39, 0.29) is 0 Å². The van der Waals surface area contributed by atoms with Crippen LogP contribution in [0.15, 0.2) is 179 Å². The van der Waals surface area contributed by atoms with Gasteiger partial charge in [-0.1, -0.05) is 117 Å². The summed E-state index contributed by atoms with van der Waals surface area (Å²) in [6, 6.07) is 49.7. The van der Waals surface area contributed by atoms with Crippen molar-refractivity contribution < 1.29 is 0 Å². The quantitative estimate of drug-likeness (QED) is 0.116. The Morgan fingerprint density at radius 1 is 0.576 bits per heavy atom. The normalized spacial score (nSPS) is 15.2. The van der Waals surface area contributed by atoms with Crippen LogP contribution in [-0.2, 0) is 12.8 Å². The summed E-state index contributed by atoms with van der Waals surface area (Å²) in [4.78, 5) is 15.7. The lowest BCUT2D eigenvalue weighted by atomic mass is 9.81. The lowest BCUT2D eigenvalue weighted by Gasteiger charge is -2.28. The first-order valence-corrected chi connectivity index (χ1v) is 22.0. The predicted octanol–water partition coefficient (Wildman–Crippen LogP) is 12.3. The highest BCUT2D eigenvalue weighted by molar-refractivity contribution is 7.97. The molecule has 2 aliphatic carbocycles. The van der Waals surface area contributed by atoms with Crippen LogP contribution in [0.1, 0.15) is 69.5 Å². The zero-order valence-electron chi connectivity index (χ0n) is 34.7. The van der Waals surface area contributed by atoms with Gasteiger partial charge < -0.3 is 9.80 Å². The maximum absolute atomic E-state index is 5.55. The molecule has 6 heteroatoms. The van der Waals surface area contributed by atoms with Crippen LogP contribution in [-0.4, -0.2) is 21.9 Å². The number of rotatable bonds is 12. The van der Waals surface area contributed by atoms with Crippen LogP contribution < -0.4 is 20.5 Å². The third kappa shape index (κ3) is 7.98. The zero-order valence-corrected chi connectivity index (χ0v) is 35.5. The molecule has 0 radical (unpaired) electrons. The van der Waals surface area contributed by atoms with E-state index < -0.39 is 0 Å². The first-order valence-electron chi connectivity index (χ1n) is 20.8. The topological polar surface area (TPSA) is 44.6 Å². The fourth-order valence-electron chi connectivity index (χ4n) is 8.17. The molecule has 0 saturated heterocycles. The summed E-state index contributed by atoms with van der Waals surface area (Å²) in [6.07, 6.45) is 13.5. The van der Waals surface area contributed by atoms with Gasteiger partial charge in [0.05, 0.1) is 27.8 Å². The van der Waals surface area contributed by atoms with E-state index in [4.69, 9.17) is 14.4 Å². The molecule has 1 heterocycles. The minimum Gasteiger partial charge on any atom is -0.311 e. The Kier molecular flexibility index (Phi) is 12.2. The number of hydrogen-bond donors (Lipinski definition) is 0. The molecule has 6 aromatic rings. The van der Waals surface area contributed by atoms with Crippen molar-refractivity contribution in [2.45, 2.75) is 59.8 Å². The fourth-order valence-corrected chi connectivity index (χ4v) is 8.53. The summed E-state index contributed by atoms with van der Waals surface area (Å²) in [7, 11) is 0. The van der Waals surface area contributed by atoms with Crippen molar-refractivity contribution in [3.8, 4) is 0 Å². The molecule has 0 aliphatic heterocycles. The number of aromatic nitrogens is 2. The first-order chi connectivity index (χ1) is 29.0. The maximum Gasteiger partial charge on any atom is 0.0997 e. The van der Waals surface area contributed by atoms with E-state index in [0.717, 1.165) is 116 Å². The van der Waals surface area contributed by atoms with Crippen molar-refractivity contribution >= 4 is 57.2 Å². The van der Waals surface area contributed by atoms with Crippen LogP contribution in [0, 0.1) is 0 Å². The molecule has 0 amide bonds. The minimum absolute atomic E-state index is 0.800. The molecule has 59 heavy (non-hydrogen) atoms. The largest absolute Gasteiger partial charge is 0.311 e. The second-order valence-corrected chi connectivity index (χ2v) is 15.3. The van der Waals surface area contributed by atoms with E-state index in [9.17, 15) is 0 Å². The van der Waals surface area contributed by atoms with Crippen molar-refractivity contribution in [1.29, 1.82) is 0 Å². The summed E-state index contributed by atoms with van der Waals surface area (Å²) in [5.41, 5.74) is 16.4. The van der Waals surface area contributed by atoms with Gasteiger partial charge in [0.15, 0.2) is 0 Å². The number of allylic oxidation sites excluding steroid dienone is 5. The highest BCUT2D eigenvalue weighted by Crippen LogP contribution is 2.39. The van der Waals surface area contributed by atoms with Crippen molar-refractivity contribution in [2.24, 2.45) is 4.40 Å². The molecule has 0 bridgehead atoms. The van der Waals surface area contributed by atoms with Gasteiger partial charge in [-0.2, -0.15) is 0 Å². The van der Waals surface area contributed by atoms with Crippen molar-refractivity contribution in [3.05, 3.63) is 208 Å². The molecule has 0 atom stereocenters. The van der Waals surface area contributed by atoms with Crippen LogP contribution in [0.4, 0.5) is 28.4 Å². The van der Waals surface area contributed by atoms with Gasteiger partial charge in [0.25, 0.3) is 0 Å². The number of nitrogens with zero attached hydrogens (tertiary/aromatic N) is 5. The SMILES string of the molecule is CC/C(C)=C1\C(c2ccc(N(c3ccccc3)c3ccccc3)cc2)=c2nc(CC)c(CC)nc2=C(c2ccc(N(C3=CCCC=C3)c3ccccc3)cc2)\C1=N\SC. The molecule has 0 fully saturated rings. The molecule has 1 aromatic heterocycles. The monoisotopic (exact) mass is 789 g/mol. The van der Waals surface area contributed by atoms with E-state index in [2.05, 4.69) is 195 Å². The Morgan fingerprint density at radius 3 is 1.49 bits per heavy atom. The van der Waals surface area contributed by atoms with E-state index in [1.807, 2.05) is 6.26 Å². The third-order valence-corrected chi connectivity index (χ3v) is 11.5. The first kappa shape index (κ1) is 39.6. The van der Waals surface area contributed by atoms with Gasteiger partial charge >= 0.3 is 0 Å². The van der Waals surface area contributed by atoms with Crippen LogP contribution in [0.3, 0.4) is 0 Å². The van der Waals surface area contributed by atoms with Gasteiger partial charge in [0.1, 0.15) is 0 Å². The van der Waals surface area contributed by atoms with E-state index in [1.54, 1.807) is 0 Å². The Balaban J connectivity index is 1.36. The van der Waals surface area contributed by atoms with Crippen LogP contribution in [0.5, 0.6) is 0 Å². The molecular weight excluding hydrogens is 739 g/mol. The third-order valence-electron chi connectivity index (χ3n) is 11.2. The van der Waals surface area contributed by atoms with Gasteiger partial charge in [0.2, 0.25) is 0 Å². The Bertz CT molecular complexity index is 2640. The standard InChI is InChI=1S/C53H51N5S/c1-6-37(4)48-49(38-29-33-44(34-30-38)57(40-21-13-9-14-22-40)41-23-15-10-16-24-41)52-53(55-47(8-3)46(7-2)54-52)50(51(48)56-59-5)39-31-35-45(36-32-39)58(42-25-17-11-18-26-42)43-27-19-12-20-28-43/h9-11,13-19,21-36H,6-8,12,20H2,1-5H3/b48-37+,56-51+. The lowest BCUT2D eigenvalue weighted by Crippen LogP contribution is -2.44. The number of anilines is 5. The summed E-state index contributed by atoms with van der Waals surface area (Å²) in [6.45, 7) is 8.84. The van der Waals surface area contributed by atoms with Gasteiger partial charge in [-0.3, -0.25) is 0 Å². The Labute approximate surface area is 353 Å². The number of fused-ring (bicyclic) bond motifs is 1. The van der Waals surface area contributed by atoms with Gasteiger partial charge in [0, 0.05) is 57.1 Å². The van der Waals surface area contributed by atoms with Gasteiger partial charge in [-0.15, -0.1) is 0 Å². The van der Waals surface area contributed by atoms with Gasteiger partial charge in [-0.25, -0.2) is 14.4 Å². The van der Waals surface area contributed by atoms with Crippen LogP contribution in [0.25, 0.3) is 11.1 Å². The second-order valence-electron chi connectivity index (χ2n) is 14.8. The molecule has 5 nitrogen and oxygen atoms in total. The molecule has 0 N–H and O–H groups in total. The average molecular weight is 790 g/mol. The highest BCUT2D eigenvalue weighted by atomic mass is 32.2. The number of benzene rings is 5. The number of aryl methyl sites for hydroxylation is 2. The molecule has 0 saturated carbocycles. The van der Waals surface area contributed by atoms with E-state index >= 15 is 0 Å². The molecule has 0 spiro atoms. The average Bonchev–Trinajstić information content (AvgIpc) is 3.30. The summed E-state index contributed by atoms with van der Waals surface area (Å²) in [5.74, 6) is 0. The summed E-state index contributed by atoms with van der Waals surface area (Å²) < 4.78 is 5.28.